The van der Waals surface area contributed by atoms with Crippen LogP contribution in [0.3, 0.4) is 0 Å². The quantitative estimate of drug-likeness (QED) is 0.262. The summed E-state index contributed by atoms with van der Waals surface area (Å²) in [6.45, 7) is 1.26. The van der Waals surface area contributed by atoms with Gasteiger partial charge < -0.3 is 19.3 Å². The number of aromatic nitrogens is 2. The van der Waals surface area contributed by atoms with Crippen LogP contribution < -0.4 is 4.90 Å². The maximum Gasteiger partial charge on any atom is 0.335 e. The minimum Gasteiger partial charge on any atom is -0.478 e. The third-order valence-corrected chi connectivity index (χ3v) is 9.30. The van der Waals surface area contributed by atoms with Crippen LogP contribution in [0.15, 0.2) is 40.9 Å². The van der Waals surface area contributed by atoms with Gasteiger partial charge in [-0.1, -0.05) is 45.8 Å². The Morgan fingerprint density at radius 3 is 2.76 bits per heavy atom. The van der Waals surface area contributed by atoms with Crippen LogP contribution in [0.1, 0.15) is 53.3 Å². The summed E-state index contributed by atoms with van der Waals surface area (Å²) < 4.78 is 13.2. The highest BCUT2D eigenvalue weighted by atomic mass is 35.5. The fourth-order valence-corrected chi connectivity index (χ4v) is 7.12. The molecule has 190 valence electrons. The highest BCUT2D eigenvalue weighted by molar-refractivity contribution is 7.22. The first-order valence-corrected chi connectivity index (χ1v) is 14.0. The Kier molecular flexibility index (Phi) is 5.69. The minimum atomic E-state index is -0.922. The fraction of sp³-hybridized carbons (Fsp3) is 0.370. The summed E-state index contributed by atoms with van der Waals surface area (Å²) in [7, 11) is 0. The molecule has 7 rings (SSSR count). The lowest BCUT2D eigenvalue weighted by atomic mass is 10.0. The Bertz CT molecular complexity index is 1510. The van der Waals surface area contributed by atoms with E-state index in [1.54, 1.807) is 29.5 Å². The maximum absolute atomic E-state index is 11.3. The molecule has 3 heterocycles. The normalized spacial score (nSPS) is 22.9. The van der Waals surface area contributed by atoms with E-state index in [0.29, 0.717) is 45.8 Å². The van der Waals surface area contributed by atoms with Gasteiger partial charge in [0, 0.05) is 35.5 Å². The maximum atomic E-state index is 11.3. The molecule has 0 bridgehead atoms. The van der Waals surface area contributed by atoms with E-state index in [1.807, 2.05) is 18.2 Å². The summed E-state index contributed by atoms with van der Waals surface area (Å²) in [5.41, 5.74) is 3.46. The van der Waals surface area contributed by atoms with Crippen molar-refractivity contribution in [2.24, 2.45) is 5.92 Å². The standard InChI is InChI=1S/C27H23Cl2N3O4S/c28-17-2-1-3-18(29)23(17)24-16(25(36-31-24)13-4-5-13)12-35-21-8-9-32(20-11-15(20)21)27-30-19-7-6-14(26(33)34)10-22(19)37-27/h1-3,6-7,10,13,15,20-21H,4-5,8-9,11-12H2,(H,33,34). The van der Waals surface area contributed by atoms with Crippen LogP contribution in [0, 0.1) is 5.92 Å². The minimum absolute atomic E-state index is 0.144. The molecule has 10 heteroatoms. The van der Waals surface area contributed by atoms with E-state index in [4.69, 9.17) is 37.4 Å². The highest BCUT2D eigenvalue weighted by Gasteiger charge is 2.51. The van der Waals surface area contributed by atoms with Crippen LogP contribution in [0.25, 0.3) is 21.5 Å². The Hall–Kier alpha value is -2.65. The monoisotopic (exact) mass is 555 g/mol. The van der Waals surface area contributed by atoms with Crippen LogP contribution >= 0.6 is 34.5 Å². The van der Waals surface area contributed by atoms with Crippen molar-refractivity contribution in [2.75, 3.05) is 11.4 Å². The molecule has 3 fully saturated rings. The number of benzene rings is 2. The molecule has 1 N–H and O–H groups in total. The number of carbonyl (C=O) groups is 1. The Labute approximate surface area is 226 Å². The van der Waals surface area contributed by atoms with Crippen LogP contribution in [0.5, 0.6) is 0 Å². The number of rotatable bonds is 7. The topological polar surface area (TPSA) is 88.7 Å². The number of hydrogen-bond acceptors (Lipinski definition) is 7. The molecule has 3 aliphatic rings. The first kappa shape index (κ1) is 23.5. The van der Waals surface area contributed by atoms with Crippen molar-refractivity contribution in [3.05, 3.63) is 63.3 Å². The van der Waals surface area contributed by atoms with Crippen molar-refractivity contribution in [3.63, 3.8) is 0 Å². The van der Waals surface area contributed by atoms with Gasteiger partial charge in [-0.15, -0.1) is 0 Å². The molecule has 0 amide bonds. The number of anilines is 1. The highest BCUT2D eigenvalue weighted by Crippen LogP contribution is 2.49. The molecule has 1 saturated heterocycles. The molecule has 3 unspecified atom stereocenters. The number of piperidine rings is 1. The van der Waals surface area contributed by atoms with Gasteiger partial charge in [0.2, 0.25) is 0 Å². The molecule has 37 heavy (non-hydrogen) atoms. The largest absolute Gasteiger partial charge is 0.478 e. The first-order valence-electron chi connectivity index (χ1n) is 12.4. The molecule has 1 aliphatic heterocycles. The van der Waals surface area contributed by atoms with Crippen molar-refractivity contribution in [3.8, 4) is 11.3 Å². The van der Waals surface area contributed by atoms with E-state index in [1.165, 1.54) is 0 Å². The summed E-state index contributed by atoms with van der Waals surface area (Å²) in [5.74, 6) is 0.796. The number of carboxylic acids is 1. The van der Waals surface area contributed by atoms with E-state index in [-0.39, 0.29) is 11.7 Å². The van der Waals surface area contributed by atoms with E-state index in [9.17, 15) is 9.90 Å². The van der Waals surface area contributed by atoms with Crippen molar-refractivity contribution in [1.82, 2.24) is 10.1 Å². The SMILES string of the molecule is O=C(O)c1ccc2nc(N3CCC(OCc4c(-c5c(Cl)cccc5Cl)noc4C4CC4)C4CC43)sc2c1. The molecule has 4 aromatic rings. The van der Waals surface area contributed by atoms with Gasteiger partial charge >= 0.3 is 5.97 Å². The summed E-state index contributed by atoms with van der Waals surface area (Å²) >= 11 is 14.6. The van der Waals surface area contributed by atoms with E-state index < -0.39 is 5.97 Å². The zero-order chi connectivity index (χ0) is 25.3. The zero-order valence-corrected chi connectivity index (χ0v) is 22.0. The molecule has 2 aromatic carbocycles. The van der Waals surface area contributed by atoms with Crippen molar-refractivity contribution < 1.29 is 19.2 Å². The molecule has 2 aliphatic carbocycles. The van der Waals surface area contributed by atoms with Gasteiger partial charge in [0.1, 0.15) is 11.5 Å². The van der Waals surface area contributed by atoms with E-state index in [0.717, 1.165) is 58.9 Å². The number of fused-ring (bicyclic) bond motifs is 2. The lowest BCUT2D eigenvalue weighted by Crippen LogP contribution is -2.38. The Morgan fingerprint density at radius 2 is 2.00 bits per heavy atom. The second-order valence-corrected chi connectivity index (χ2v) is 11.9. The van der Waals surface area contributed by atoms with Crippen LogP contribution in [-0.4, -0.2) is 39.9 Å². The smallest absolute Gasteiger partial charge is 0.335 e. The second-order valence-electron chi connectivity index (χ2n) is 10.0. The summed E-state index contributed by atoms with van der Waals surface area (Å²) in [5, 5.41) is 15.7. The van der Waals surface area contributed by atoms with Gasteiger partial charge in [0.05, 0.1) is 38.5 Å². The third-order valence-electron chi connectivity index (χ3n) is 7.61. The number of hydrogen-bond donors (Lipinski definition) is 1. The van der Waals surface area contributed by atoms with Gasteiger partial charge in [-0.05, 0) is 56.0 Å². The lowest BCUT2D eigenvalue weighted by molar-refractivity contribution is 0.0141. The predicted molar refractivity (Wildman–Crippen MR) is 143 cm³/mol. The van der Waals surface area contributed by atoms with E-state index in [2.05, 4.69) is 10.1 Å². The first-order chi connectivity index (χ1) is 18.0. The molecule has 0 radical (unpaired) electrons. The summed E-state index contributed by atoms with van der Waals surface area (Å²) in [6, 6.07) is 10.9. The number of aromatic carboxylic acids is 1. The van der Waals surface area contributed by atoms with Crippen molar-refractivity contribution in [1.29, 1.82) is 0 Å². The van der Waals surface area contributed by atoms with Crippen LogP contribution in [-0.2, 0) is 11.3 Å². The zero-order valence-electron chi connectivity index (χ0n) is 19.7. The van der Waals surface area contributed by atoms with Crippen molar-refractivity contribution >= 4 is 55.9 Å². The molecule has 2 aromatic heterocycles. The van der Waals surface area contributed by atoms with Gasteiger partial charge in [-0.2, -0.15) is 0 Å². The third kappa shape index (κ3) is 4.20. The van der Waals surface area contributed by atoms with Gasteiger partial charge in [0.15, 0.2) is 5.13 Å². The van der Waals surface area contributed by atoms with Crippen molar-refractivity contribution in [2.45, 2.75) is 50.4 Å². The summed E-state index contributed by atoms with van der Waals surface area (Å²) in [4.78, 5) is 18.5. The lowest BCUT2D eigenvalue weighted by Gasteiger charge is -2.31. The molecule has 3 atom stereocenters. The van der Waals surface area contributed by atoms with Gasteiger partial charge in [0.25, 0.3) is 0 Å². The predicted octanol–water partition coefficient (Wildman–Crippen LogP) is 7.02. The molecule has 0 spiro atoms. The van der Waals surface area contributed by atoms with Crippen LogP contribution in [0.2, 0.25) is 10.0 Å². The average Bonchev–Trinajstić information content (AvgIpc) is 3.80. The number of ether oxygens (including phenoxy) is 1. The Morgan fingerprint density at radius 1 is 1.19 bits per heavy atom. The summed E-state index contributed by atoms with van der Waals surface area (Å²) in [6.07, 6.45) is 4.28. The molecule has 7 nitrogen and oxygen atoms in total. The number of halogens is 2. The van der Waals surface area contributed by atoms with Gasteiger partial charge in [-0.3, -0.25) is 0 Å². The molecule has 2 saturated carbocycles. The number of thiazole rings is 1. The second kappa shape index (κ2) is 8.98. The Balaban J connectivity index is 1.08. The average molecular weight is 556 g/mol. The number of nitrogens with zero attached hydrogens (tertiary/aromatic N) is 3. The molecular formula is C27H23Cl2N3O4S. The van der Waals surface area contributed by atoms with E-state index >= 15 is 0 Å². The number of carboxylic acid groups (broad SMARTS) is 1. The van der Waals surface area contributed by atoms with Gasteiger partial charge in [-0.25, -0.2) is 9.78 Å². The molecular weight excluding hydrogens is 533 g/mol. The van der Waals surface area contributed by atoms with Crippen LogP contribution in [0.4, 0.5) is 5.13 Å². The fourth-order valence-electron chi connectivity index (χ4n) is 5.46.